The van der Waals surface area contributed by atoms with Crippen LogP contribution in [-0.4, -0.2) is 5.78 Å². The minimum Gasteiger partial charge on any atom is -0.295 e. The van der Waals surface area contributed by atoms with Gasteiger partial charge in [0.2, 0.25) is 0 Å². The van der Waals surface area contributed by atoms with Gasteiger partial charge >= 0.3 is 0 Å². The first-order chi connectivity index (χ1) is 5.18. The summed E-state index contributed by atoms with van der Waals surface area (Å²) in [6, 6.07) is 0. The molecular formula is C10H16O. The number of carbonyl (C=O) groups excluding carboxylic acids is 1. The highest BCUT2D eigenvalue weighted by atomic mass is 16.1. The molecule has 0 radical (unpaired) electrons. The fourth-order valence-corrected chi connectivity index (χ4v) is 1.36. The molecule has 0 aromatic rings. The molecule has 0 aromatic carbocycles. The van der Waals surface area contributed by atoms with Crippen molar-refractivity contribution in [3.8, 4) is 0 Å². The van der Waals surface area contributed by atoms with E-state index in [9.17, 15) is 4.79 Å². The van der Waals surface area contributed by atoms with Crippen LogP contribution in [0.15, 0.2) is 11.6 Å². The van der Waals surface area contributed by atoms with E-state index in [0.717, 1.165) is 12.0 Å². The van der Waals surface area contributed by atoms with Gasteiger partial charge in [0.1, 0.15) is 0 Å². The third-order valence-electron chi connectivity index (χ3n) is 2.16. The molecule has 0 spiro atoms. The Bertz CT molecular complexity index is 171. The SMILES string of the molecule is CC(C)=CC(=O)CC1CCC1. The first kappa shape index (κ1) is 8.51. The molecule has 62 valence electrons. The lowest BCUT2D eigenvalue weighted by molar-refractivity contribution is -0.116. The summed E-state index contributed by atoms with van der Waals surface area (Å²) in [7, 11) is 0. The third-order valence-corrected chi connectivity index (χ3v) is 2.16. The Morgan fingerprint density at radius 2 is 2.09 bits per heavy atom. The molecule has 1 heteroatoms. The smallest absolute Gasteiger partial charge is 0.155 e. The van der Waals surface area contributed by atoms with Crippen LogP contribution in [0.5, 0.6) is 0 Å². The van der Waals surface area contributed by atoms with Gasteiger partial charge in [0, 0.05) is 6.42 Å². The number of rotatable bonds is 3. The van der Waals surface area contributed by atoms with Crippen LogP contribution in [0.2, 0.25) is 0 Å². The fourth-order valence-electron chi connectivity index (χ4n) is 1.36. The molecular weight excluding hydrogens is 136 g/mol. The van der Waals surface area contributed by atoms with Gasteiger partial charge in [-0.2, -0.15) is 0 Å². The van der Waals surface area contributed by atoms with E-state index in [2.05, 4.69) is 0 Å². The highest BCUT2D eigenvalue weighted by molar-refractivity contribution is 5.90. The Balaban J connectivity index is 2.25. The van der Waals surface area contributed by atoms with Gasteiger partial charge in [0.05, 0.1) is 0 Å². The number of hydrogen-bond acceptors (Lipinski definition) is 1. The zero-order chi connectivity index (χ0) is 8.27. The van der Waals surface area contributed by atoms with Crippen molar-refractivity contribution >= 4 is 5.78 Å². The topological polar surface area (TPSA) is 17.1 Å². The summed E-state index contributed by atoms with van der Waals surface area (Å²) in [6.45, 7) is 3.94. The summed E-state index contributed by atoms with van der Waals surface area (Å²) in [5.74, 6) is 1.02. The molecule has 0 bridgehead atoms. The normalized spacial score (nSPS) is 17.3. The first-order valence-corrected chi connectivity index (χ1v) is 4.36. The summed E-state index contributed by atoms with van der Waals surface area (Å²) in [5.41, 5.74) is 1.12. The minimum absolute atomic E-state index is 0.315. The average Bonchev–Trinajstić information content (AvgIpc) is 1.77. The number of carbonyl (C=O) groups is 1. The van der Waals surface area contributed by atoms with E-state index in [1.54, 1.807) is 6.08 Å². The fraction of sp³-hybridized carbons (Fsp3) is 0.700. The quantitative estimate of drug-likeness (QED) is 0.568. The van der Waals surface area contributed by atoms with Gasteiger partial charge in [0.15, 0.2) is 5.78 Å². The van der Waals surface area contributed by atoms with Gasteiger partial charge in [-0.15, -0.1) is 0 Å². The number of hydrogen-bond donors (Lipinski definition) is 0. The lowest BCUT2D eigenvalue weighted by atomic mass is 9.82. The maximum atomic E-state index is 11.2. The second-order valence-electron chi connectivity index (χ2n) is 3.69. The van der Waals surface area contributed by atoms with Crippen molar-refractivity contribution in [3.63, 3.8) is 0 Å². The lowest BCUT2D eigenvalue weighted by Gasteiger charge is -2.23. The Hall–Kier alpha value is -0.590. The van der Waals surface area contributed by atoms with Gasteiger partial charge < -0.3 is 0 Å². The molecule has 11 heavy (non-hydrogen) atoms. The van der Waals surface area contributed by atoms with E-state index >= 15 is 0 Å². The maximum Gasteiger partial charge on any atom is 0.155 e. The van der Waals surface area contributed by atoms with Crippen molar-refractivity contribution in [2.75, 3.05) is 0 Å². The Kier molecular flexibility index (Phi) is 2.86. The molecule has 0 saturated heterocycles. The van der Waals surface area contributed by atoms with Crippen LogP contribution >= 0.6 is 0 Å². The molecule has 0 N–H and O–H groups in total. The molecule has 1 saturated carbocycles. The predicted molar refractivity (Wildman–Crippen MR) is 46.4 cm³/mol. The van der Waals surface area contributed by atoms with E-state index in [1.807, 2.05) is 13.8 Å². The summed E-state index contributed by atoms with van der Waals surface area (Å²) in [6.07, 6.45) is 6.40. The number of ketones is 1. The van der Waals surface area contributed by atoms with Crippen molar-refractivity contribution in [2.45, 2.75) is 39.5 Å². The Labute approximate surface area is 68.5 Å². The van der Waals surface area contributed by atoms with Crippen molar-refractivity contribution in [3.05, 3.63) is 11.6 Å². The molecule has 0 unspecified atom stereocenters. The third kappa shape index (κ3) is 2.87. The molecule has 0 amide bonds. The molecule has 1 rings (SSSR count). The van der Waals surface area contributed by atoms with Crippen LogP contribution in [0.4, 0.5) is 0 Å². The van der Waals surface area contributed by atoms with Crippen LogP contribution in [0, 0.1) is 5.92 Å². The maximum absolute atomic E-state index is 11.2. The van der Waals surface area contributed by atoms with Gasteiger partial charge in [-0.3, -0.25) is 4.79 Å². The number of allylic oxidation sites excluding steroid dienone is 2. The monoisotopic (exact) mass is 152 g/mol. The predicted octanol–water partition coefficient (Wildman–Crippen LogP) is 2.71. The molecule has 0 heterocycles. The molecule has 0 atom stereocenters. The average molecular weight is 152 g/mol. The summed E-state index contributed by atoms with van der Waals surface area (Å²) in [5, 5.41) is 0. The zero-order valence-corrected chi connectivity index (χ0v) is 7.39. The van der Waals surface area contributed by atoms with Crippen molar-refractivity contribution in [2.24, 2.45) is 5.92 Å². The van der Waals surface area contributed by atoms with E-state index < -0.39 is 0 Å². The molecule has 0 aromatic heterocycles. The van der Waals surface area contributed by atoms with E-state index in [4.69, 9.17) is 0 Å². The van der Waals surface area contributed by atoms with Crippen molar-refractivity contribution < 1.29 is 4.79 Å². The van der Waals surface area contributed by atoms with E-state index in [1.165, 1.54) is 19.3 Å². The largest absolute Gasteiger partial charge is 0.295 e. The molecule has 1 aliphatic rings. The molecule has 1 nitrogen and oxygen atoms in total. The summed E-state index contributed by atoms with van der Waals surface area (Å²) in [4.78, 5) is 11.2. The zero-order valence-electron chi connectivity index (χ0n) is 7.39. The minimum atomic E-state index is 0.315. The van der Waals surface area contributed by atoms with Gasteiger partial charge in [-0.25, -0.2) is 0 Å². The van der Waals surface area contributed by atoms with Crippen molar-refractivity contribution in [1.82, 2.24) is 0 Å². The van der Waals surface area contributed by atoms with Gasteiger partial charge in [-0.05, 0) is 25.8 Å². The van der Waals surface area contributed by atoms with E-state index in [0.29, 0.717) is 11.7 Å². The molecule has 1 aliphatic carbocycles. The second-order valence-corrected chi connectivity index (χ2v) is 3.69. The lowest BCUT2D eigenvalue weighted by Crippen LogP contribution is -2.14. The van der Waals surface area contributed by atoms with E-state index in [-0.39, 0.29) is 0 Å². The summed E-state index contributed by atoms with van der Waals surface area (Å²) >= 11 is 0. The second kappa shape index (κ2) is 3.70. The van der Waals surface area contributed by atoms with Crippen LogP contribution in [0.1, 0.15) is 39.5 Å². The standard InChI is InChI=1S/C10H16O/c1-8(2)6-10(11)7-9-4-3-5-9/h6,9H,3-5,7H2,1-2H3. The highest BCUT2D eigenvalue weighted by Gasteiger charge is 2.19. The Morgan fingerprint density at radius 1 is 1.45 bits per heavy atom. The summed E-state index contributed by atoms with van der Waals surface area (Å²) < 4.78 is 0. The highest BCUT2D eigenvalue weighted by Crippen LogP contribution is 2.29. The van der Waals surface area contributed by atoms with Crippen molar-refractivity contribution in [1.29, 1.82) is 0 Å². The van der Waals surface area contributed by atoms with Crippen LogP contribution in [0.3, 0.4) is 0 Å². The van der Waals surface area contributed by atoms with Gasteiger partial charge in [0.25, 0.3) is 0 Å². The van der Waals surface area contributed by atoms with Crippen LogP contribution < -0.4 is 0 Å². The van der Waals surface area contributed by atoms with Crippen LogP contribution in [0.25, 0.3) is 0 Å². The molecule has 0 aliphatic heterocycles. The Morgan fingerprint density at radius 3 is 2.45 bits per heavy atom. The van der Waals surface area contributed by atoms with Gasteiger partial charge in [-0.1, -0.05) is 24.8 Å². The molecule has 1 fully saturated rings. The van der Waals surface area contributed by atoms with Crippen LogP contribution in [-0.2, 0) is 4.79 Å². The first-order valence-electron chi connectivity index (χ1n) is 4.36.